The molecule has 0 aliphatic carbocycles. The predicted octanol–water partition coefficient (Wildman–Crippen LogP) is 5.24. The number of hydrogen-bond acceptors (Lipinski definition) is 4. The van der Waals surface area contributed by atoms with Crippen LogP contribution in [0.1, 0.15) is 0 Å². The number of halogens is 1. The standard InChI is InChI=1S/C23H16BrNO4/c24-17-8-10-19(11-9-17)28-14-22(26)25-18-6-3-5-15(12-18)20-13-16-4-1-2-7-21(16)29-23(20)27/h1-13H,14H2,(H,25,26). The molecule has 0 unspecified atom stereocenters. The number of carbonyl (C=O) groups excluding carboxylic acids is 1. The van der Waals surface area contributed by atoms with Gasteiger partial charge in [0.05, 0.1) is 5.56 Å². The van der Waals surface area contributed by atoms with E-state index in [1.54, 1.807) is 48.5 Å². The molecule has 0 aliphatic heterocycles. The molecule has 144 valence electrons. The van der Waals surface area contributed by atoms with Crippen molar-refractivity contribution in [2.24, 2.45) is 0 Å². The van der Waals surface area contributed by atoms with Crippen molar-refractivity contribution < 1.29 is 13.9 Å². The van der Waals surface area contributed by atoms with Crippen LogP contribution in [-0.4, -0.2) is 12.5 Å². The van der Waals surface area contributed by atoms with E-state index in [9.17, 15) is 9.59 Å². The summed E-state index contributed by atoms with van der Waals surface area (Å²) in [5.41, 5.74) is 1.78. The summed E-state index contributed by atoms with van der Waals surface area (Å²) in [6, 6.07) is 23.4. The Balaban J connectivity index is 1.50. The molecule has 1 heterocycles. The zero-order valence-corrected chi connectivity index (χ0v) is 16.8. The van der Waals surface area contributed by atoms with E-state index >= 15 is 0 Å². The molecule has 0 saturated carbocycles. The molecule has 0 radical (unpaired) electrons. The molecule has 3 aromatic carbocycles. The molecule has 29 heavy (non-hydrogen) atoms. The van der Waals surface area contributed by atoms with E-state index in [1.807, 2.05) is 30.3 Å². The fourth-order valence-corrected chi connectivity index (χ4v) is 3.17. The summed E-state index contributed by atoms with van der Waals surface area (Å²) < 4.78 is 11.8. The second kappa shape index (κ2) is 8.32. The number of anilines is 1. The molecule has 1 N–H and O–H groups in total. The van der Waals surface area contributed by atoms with Crippen LogP contribution in [-0.2, 0) is 4.79 Å². The Bertz CT molecular complexity index is 1230. The molecule has 0 saturated heterocycles. The van der Waals surface area contributed by atoms with Gasteiger partial charge in [-0.3, -0.25) is 4.79 Å². The van der Waals surface area contributed by atoms with E-state index in [-0.39, 0.29) is 12.5 Å². The molecule has 5 nitrogen and oxygen atoms in total. The average Bonchev–Trinajstić information content (AvgIpc) is 2.73. The predicted molar refractivity (Wildman–Crippen MR) is 116 cm³/mol. The van der Waals surface area contributed by atoms with Gasteiger partial charge in [0.15, 0.2) is 6.61 Å². The number of hydrogen-bond donors (Lipinski definition) is 1. The first-order chi connectivity index (χ1) is 14.1. The molecule has 1 aromatic heterocycles. The first-order valence-electron chi connectivity index (χ1n) is 8.90. The normalized spacial score (nSPS) is 10.7. The fourth-order valence-electron chi connectivity index (χ4n) is 2.90. The second-order valence-electron chi connectivity index (χ2n) is 6.36. The summed E-state index contributed by atoms with van der Waals surface area (Å²) in [6.07, 6.45) is 0. The van der Waals surface area contributed by atoms with Crippen molar-refractivity contribution in [3.05, 3.63) is 93.8 Å². The monoisotopic (exact) mass is 449 g/mol. The van der Waals surface area contributed by atoms with Gasteiger partial charge in [-0.2, -0.15) is 0 Å². The highest BCUT2D eigenvalue weighted by Gasteiger charge is 2.10. The van der Waals surface area contributed by atoms with Gasteiger partial charge in [-0.1, -0.05) is 46.3 Å². The maximum absolute atomic E-state index is 12.4. The number of rotatable bonds is 5. The van der Waals surface area contributed by atoms with Crippen LogP contribution in [0.2, 0.25) is 0 Å². The SMILES string of the molecule is O=C(COc1ccc(Br)cc1)Nc1cccc(-c2cc3ccccc3oc2=O)c1. The third-order valence-electron chi connectivity index (χ3n) is 4.28. The van der Waals surface area contributed by atoms with E-state index in [4.69, 9.17) is 9.15 Å². The number of carbonyl (C=O) groups is 1. The first-order valence-corrected chi connectivity index (χ1v) is 9.69. The number of ether oxygens (including phenoxy) is 1. The molecular formula is C23H16BrNO4. The Morgan fingerprint density at radius 3 is 2.59 bits per heavy atom. The third-order valence-corrected chi connectivity index (χ3v) is 4.81. The van der Waals surface area contributed by atoms with Crippen LogP contribution in [0.5, 0.6) is 5.75 Å². The molecule has 0 bridgehead atoms. The third kappa shape index (κ3) is 4.55. The average molecular weight is 450 g/mol. The summed E-state index contributed by atoms with van der Waals surface area (Å²) in [6.45, 7) is -0.121. The van der Waals surface area contributed by atoms with Crippen molar-refractivity contribution in [1.29, 1.82) is 0 Å². The van der Waals surface area contributed by atoms with Gasteiger partial charge in [0.1, 0.15) is 11.3 Å². The molecule has 0 aliphatic rings. The van der Waals surface area contributed by atoms with Gasteiger partial charge in [-0.15, -0.1) is 0 Å². The van der Waals surface area contributed by atoms with Crippen molar-refractivity contribution in [2.45, 2.75) is 0 Å². The van der Waals surface area contributed by atoms with E-state index in [0.717, 1.165) is 9.86 Å². The molecular weight excluding hydrogens is 434 g/mol. The lowest BCUT2D eigenvalue weighted by atomic mass is 10.1. The highest BCUT2D eigenvalue weighted by atomic mass is 79.9. The summed E-state index contributed by atoms with van der Waals surface area (Å²) in [5.74, 6) is 0.307. The number of para-hydroxylation sites is 1. The lowest BCUT2D eigenvalue weighted by Crippen LogP contribution is -2.20. The fraction of sp³-hybridized carbons (Fsp3) is 0.0435. The Hall–Kier alpha value is -3.38. The summed E-state index contributed by atoms with van der Waals surface area (Å²) in [5, 5.41) is 3.62. The van der Waals surface area contributed by atoms with Crippen LogP contribution >= 0.6 is 15.9 Å². The molecule has 0 atom stereocenters. The van der Waals surface area contributed by atoms with E-state index in [1.165, 1.54) is 0 Å². The van der Waals surface area contributed by atoms with Gasteiger partial charge in [0.2, 0.25) is 0 Å². The van der Waals surface area contributed by atoms with Crippen LogP contribution in [0.3, 0.4) is 0 Å². The van der Waals surface area contributed by atoms with Gasteiger partial charge in [-0.05, 0) is 54.1 Å². The lowest BCUT2D eigenvalue weighted by molar-refractivity contribution is -0.118. The summed E-state index contributed by atoms with van der Waals surface area (Å²) in [4.78, 5) is 24.6. The van der Waals surface area contributed by atoms with Gasteiger partial charge >= 0.3 is 5.63 Å². The quantitative estimate of drug-likeness (QED) is 0.423. The molecule has 1 amide bonds. The van der Waals surface area contributed by atoms with E-state index in [2.05, 4.69) is 21.2 Å². The topological polar surface area (TPSA) is 68.5 Å². The lowest BCUT2D eigenvalue weighted by Gasteiger charge is -2.09. The number of fused-ring (bicyclic) bond motifs is 1. The summed E-state index contributed by atoms with van der Waals surface area (Å²) in [7, 11) is 0. The van der Waals surface area contributed by atoms with Gasteiger partial charge in [0.25, 0.3) is 5.91 Å². The van der Waals surface area contributed by atoms with Crippen LogP contribution in [0.15, 0.2) is 92.5 Å². The van der Waals surface area contributed by atoms with Crippen LogP contribution < -0.4 is 15.7 Å². The highest BCUT2D eigenvalue weighted by molar-refractivity contribution is 9.10. The number of nitrogens with one attached hydrogen (secondary N) is 1. The van der Waals surface area contributed by atoms with E-state index < -0.39 is 5.63 Å². The van der Waals surface area contributed by atoms with Gasteiger partial charge in [0, 0.05) is 15.5 Å². The minimum atomic E-state index is -0.425. The number of amides is 1. The van der Waals surface area contributed by atoms with Gasteiger partial charge < -0.3 is 14.5 Å². The van der Waals surface area contributed by atoms with Gasteiger partial charge in [-0.25, -0.2) is 4.79 Å². The Kier molecular flexibility index (Phi) is 5.44. The number of benzene rings is 3. The van der Waals surface area contributed by atoms with Crippen LogP contribution in [0.4, 0.5) is 5.69 Å². The molecule has 4 rings (SSSR count). The summed E-state index contributed by atoms with van der Waals surface area (Å²) >= 11 is 3.35. The Morgan fingerprint density at radius 1 is 0.966 bits per heavy atom. The first kappa shape index (κ1) is 19.0. The van der Waals surface area contributed by atoms with Crippen molar-refractivity contribution >= 4 is 38.5 Å². The van der Waals surface area contributed by atoms with Crippen molar-refractivity contribution in [2.75, 3.05) is 11.9 Å². The minimum Gasteiger partial charge on any atom is -0.484 e. The molecule has 6 heteroatoms. The van der Waals surface area contributed by atoms with Crippen molar-refractivity contribution in [3.63, 3.8) is 0 Å². The minimum absolute atomic E-state index is 0.121. The smallest absolute Gasteiger partial charge is 0.344 e. The van der Waals surface area contributed by atoms with E-state index in [0.29, 0.717) is 28.1 Å². The van der Waals surface area contributed by atoms with Crippen molar-refractivity contribution in [1.82, 2.24) is 0 Å². The van der Waals surface area contributed by atoms with Crippen LogP contribution in [0, 0.1) is 0 Å². The zero-order valence-electron chi connectivity index (χ0n) is 15.2. The highest BCUT2D eigenvalue weighted by Crippen LogP contribution is 2.23. The zero-order chi connectivity index (χ0) is 20.2. The van der Waals surface area contributed by atoms with Crippen LogP contribution in [0.25, 0.3) is 22.1 Å². The molecule has 4 aromatic rings. The largest absolute Gasteiger partial charge is 0.484 e. The maximum atomic E-state index is 12.4. The van der Waals surface area contributed by atoms with Crippen molar-refractivity contribution in [3.8, 4) is 16.9 Å². The Morgan fingerprint density at radius 2 is 1.76 bits per heavy atom. The maximum Gasteiger partial charge on any atom is 0.344 e. The Labute approximate surface area is 175 Å². The molecule has 0 fully saturated rings. The second-order valence-corrected chi connectivity index (χ2v) is 7.27. The molecule has 0 spiro atoms.